The van der Waals surface area contributed by atoms with Gasteiger partial charge in [-0.2, -0.15) is 0 Å². The normalized spacial score (nSPS) is 9.93. The van der Waals surface area contributed by atoms with Gasteiger partial charge >= 0.3 is 0 Å². The van der Waals surface area contributed by atoms with E-state index in [1.165, 1.54) is 0 Å². The van der Waals surface area contributed by atoms with Crippen molar-refractivity contribution >= 4 is 29.0 Å². The van der Waals surface area contributed by atoms with E-state index in [1.54, 1.807) is 25.1 Å². The SMILES string of the molecule is C=C(C)C(=O)Cc1cccc(Cl)c1Cl. The van der Waals surface area contributed by atoms with E-state index in [-0.39, 0.29) is 12.2 Å². The Bertz CT molecular complexity index is 383. The molecule has 0 saturated heterocycles. The molecule has 0 spiro atoms. The summed E-state index contributed by atoms with van der Waals surface area (Å²) in [6.45, 7) is 5.26. The first kappa shape index (κ1) is 11.3. The molecule has 0 aliphatic heterocycles. The molecule has 14 heavy (non-hydrogen) atoms. The van der Waals surface area contributed by atoms with Crippen molar-refractivity contribution in [3.8, 4) is 0 Å². The third-order valence-corrected chi connectivity index (χ3v) is 2.72. The highest BCUT2D eigenvalue weighted by Gasteiger charge is 2.09. The van der Waals surface area contributed by atoms with Gasteiger partial charge in [0.05, 0.1) is 10.0 Å². The molecule has 0 heterocycles. The summed E-state index contributed by atoms with van der Waals surface area (Å²) in [5.41, 5.74) is 1.27. The zero-order valence-electron chi connectivity index (χ0n) is 7.81. The van der Waals surface area contributed by atoms with E-state index in [0.29, 0.717) is 15.6 Å². The second-order valence-electron chi connectivity index (χ2n) is 3.09. The number of Topliss-reactive ketones (excluding diaryl/α,β-unsaturated/α-hetero) is 1. The molecule has 0 radical (unpaired) electrons. The van der Waals surface area contributed by atoms with Crippen LogP contribution in [0.15, 0.2) is 30.4 Å². The molecule has 0 amide bonds. The first-order valence-corrected chi connectivity index (χ1v) is 4.89. The monoisotopic (exact) mass is 228 g/mol. The molecule has 0 unspecified atom stereocenters. The number of carbonyl (C=O) groups excluding carboxylic acids is 1. The number of allylic oxidation sites excluding steroid dienone is 1. The van der Waals surface area contributed by atoms with Gasteiger partial charge in [-0.3, -0.25) is 4.79 Å². The predicted octanol–water partition coefficient (Wildman–Crippen LogP) is 3.68. The summed E-state index contributed by atoms with van der Waals surface area (Å²) >= 11 is 11.7. The van der Waals surface area contributed by atoms with Crippen LogP contribution in [-0.2, 0) is 11.2 Å². The van der Waals surface area contributed by atoms with Crippen molar-refractivity contribution in [2.75, 3.05) is 0 Å². The van der Waals surface area contributed by atoms with Crippen LogP contribution < -0.4 is 0 Å². The maximum absolute atomic E-state index is 11.4. The van der Waals surface area contributed by atoms with E-state index >= 15 is 0 Å². The first-order valence-electron chi connectivity index (χ1n) is 4.14. The number of benzene rings is 1. The molecular weight excluding hydrogens is 219 g/mol. The molecule has 0 atom stereocenters. The quantitative estimate of drug-likeness (QED) is 0.722. The van der Waals surface area contributed by atoms with E-state index in [4.69, 9.17) is 23.2 Å². The lowest BCUT2D eigenvalue weighted by atomic mass is 10.1. The van der Waals surface area contributed by atoms with Crippen molar-refractivity contribution < 1.29 is 4.79 Å². The van der Waals surface area contributed by atoms with Crippen LogP contribution in [0.5, 0.6) is 0 Å². The summed E-state index contributed by atoms with van der Waals surface area (Å²) < 4.78 is 0. The van der Waals surface area contributed by atoms with Crippen LogP contribution >= 0.6 is 23.2 Å². The molecule has 1 nitrogen and oxygen atoms in total. The summed E-state index contributed by atoms with van der Waals surface area (Å²) in [5.74, 6) is -0.0193. The van der Waals surface area contributed by atoms with Crippen molar-refractivity contribution in [2.45, 2.75) is 13.3 Å². The highest BCUT2D eigenvalue weighted by molar-refractivity contribution is 6.42. The minimum atomic E-state index is -0.0193. The summed E-state index contributed by atoms with van der Waals surface area (Å²) in [4.78, 5) is 11.4. The fraction of sp³-hybridized carbons (Fsp3) is 0.182. The Labute approximate surface area is 93.3 Å². The Hall–Kier alpha value is -0.790. The van der Waals surface area contributed by atoms with E-state index in [9.17, 15) is 4.79 Å². The van der Waals surface area contributed by atoms with Crippen LogP contribution in [0.2, 0.25) is 10.0 Å². The third-order valence-electron chi connectivity index (χ3n) is 1.86. The molecular formula is C11H10Cl2O. The van der Waals surface area contributed by atoms with E-state index in [1.807, 2.05) is 0 Å². The van der Waals surface area contributed by atoms with Crippen molar-refractivity contribution in [1.29, 1.82) is 0 Å². The molecule has 74 valence electrons. The molecule has 0 aliphatic rings. The van der Waals surface area contributed by atoms with Gasteiger partial charge < -0.3 is 0 Å². The number of rotatable bonds is 3. The number of carbonyl (C=O) groups is 1. The Balaban J connectivity index is 2.93. The Kier molecular flexibility index (Phi) is 3.73. The Morgan fingerprint density at radius 3 is 2.64 bits per heavy atom. The molecule has 0 aromatic heterocycles. The average molecular weight is 229 g/mol. The second-order valence-corrected chi connectivity index (χ2v) is 3.88. The molecule has 0 N–H and O–H groups in total. The molecule has 1 aromatic carbocycles. The Morgan fingerprint density at radius 2 is 2.07 bits per heavy atom. The van der Waals surface area contributed by atoms with Gasteiger partial charge in [-0.1, -0.05) is 41.9 Å². The molecule has 0 fully saturated rings. The van der Waals surface area contributed by atoms with E-state index in [0.717, 1.165) is 5.56 Å². The zero-order chi connectivity index (χ0) is 10.7. The van der Waals surface area contributed by atoms with Gasteiger partial charge in [-0.05, 0) is 24.1 Å². The second kappa shape index (κ2) is 4.63. The zero-order valence-corrected chi connectivity index (χ0v) is 9.32. The van der Waals surface area contributed by atoms with Gasteiger partial charge in [0, 0.05) is 6.42 Å². The smallest absolute Gasteiger partial charge is 0.162 e. The number of hydrogen-bond acceptors (Lipinski definition) is 1. The number of halogens is 2. The molecule has 3 heteroatoms. The average Bonchev–Trinajstić information content (AvgIpc) is 2.12. The minimum Gasteiger partial charge on any atom is -0.294 e. The van der Waals surface area contributed by atoms with Gasteiger partial charge in [-0.15, -0.1) is 0 Å². The van der Waals surface area contributed by atoms with Crippen molar-refractivity contribution in [3.63, 3.8) is 0 Å². The molecule has 0 saturated carbocycles. The maximum atomic E-state index is 11.4. The topological polar surface area (TPSA) is 17.1 Å². The van der Waals surface area contributed by atoms with E-state index in [2.05, 4.69) is 6.58 Å². The van der Waals surface area contributed by atoms with Gasteiger partial charge in [0.15, 0.2) is 5.78 Å². The van der Waals surface area contributed by atoms with Crippen molar-refractivity contribution in [3.05, 3.63) is 46.0 Å². The van der Waals surface area contributed by atoms with Crippen LogP contribution in [0.1, 0.15) is 12.5 Å². The number of hydrogen-bond donors (Lipinski definition) is 0. The molecule has 1 aromatic rings. The largest absolute Gasteiger partial charge is 0.294 e. The highest BCUT2D eigenvalue weighted by atomic mass is 35.5. The maximum Gasteiger partial charge on any atom is 0.162 e. The minimum absolute atomic E-state index is 0.0193. The predicted molar refractivity (Wildman–Crippen MR) is 60.0 cm³/mol. The van der Waals surface area contributed by atoms with Crippen molar-refractivity contribution in [2.24, 2.45) is 0 Å². The fourth-order valence-electron chi connectivity index (χ4n) is 1.01. The summed E-state index contributed by atoms with van der Waals surface area (Å²) in [5, 5.41) is 0.919. The lowest BCUT2D eigenvalue weighted by Gasteiger charge is -2.04. The number of ketones is 1. The molecule has 1 rings (SSSR count). The van der Waals surface area contributed by atoms with Gasteiger partial charge in [0.2, 0.25) is 0 Å². The summed E-state index contributed by atoms with van der Waals surface area (Å²) in [6.07, 6.45) is 0.259. The van der Waals surface area contributed by atoms with Crippen LogP contribution in [0.4, 0.5) is 0 Å². The van der Waals surface area contributed by atoms with Crippen LogP contribution in [0.25, 0.3) is 0 Å². The Morgan fingerprint density at radius 1 is 1.43 bits per heavy atom. The summed E-state index contributed by atoms with van der Waals surface area (Å²) in [6, 6.07) is 5.25. The van der Waals surface area contributed by atoms with Gasteiger partial charge in [-0.25, -0.2) is 0 Å². The van der Waals surface area contributed by atoms with Crippen LogP contribution in [0, 0.1) is 0 Å². The third kappa shape index (κ3) is 2.60. The summed E-state index contributed by atoms with van der Waals surface area (Å²) in [7, 11) is 0. The molecule has 0 aliphatic carbocycles. The standard InChI is InChI=1S/C11H10Cl2O/c1-7(2)10(14)6-8-4-3-5-9(12)11(8)13/h3-5H,1,6H2,2H3. The lowest BCUT2D eigenvalue weighted by molar-refractivity contribution is -0.114. The highest BCUT2D eigenvalue weighted by Crippen LogP contribution is 2.26. The fourth-order valence-corrected chi connectivity index (χ4v) is 1.40. The first-order chi connectivity index (χ1) is 6.52. The van der Waals surface area contributed by atoms with Crippen LogP contribution in [0.3, 0.4) is 0 Å². The van der Waals surface area contributed by atoms with E-state index < -0.39 is 0 Å². The van der Waals surface area contributed by atoms with Crippen molar-refractivity contribution in [1.82, 2.24) is 0 Å². The van der Waals surface area contributed by atoms with Crippen LogP contribution in [-0.4, -0.2) is 5.78 Å². The van der Waals surface area contributed by atoms with Gasteiger partial charge in [0.25, 0.3) is 0 Å². The molecule has 0 bridgehead atoms. The van der Waals surface area contributed by atoms with Gasteiger partial charge in [0.1, 0.15) is 0 Å². The lowest BCUT2D eigenvalue weighted by Crippen LogP contribution is -2.03.